The van der Waals surface area contributed by atoms with Crippen LogP contribution in [0, 0.1) is 5.82 Å². The van der Waals surface area contributed by atoms with Crippen LogP contribution in [0.4, 0.5) is 4.39 Å². The van der Waals surface area contributed by atoms with Crippen LogP contribution in [-0.2, 0) is 27.8 Å². The second-order valence-corrected chi connectivity index (χ2v) is 8.07. The van der Waals surface area contributed by atoms with Crippen LogP contribution in [0.25, 0.3) is 0 Å². The van der Waals surface area contributed by atoms with Crippen molar-refractivity contribution in [1.29, 1.82) is 0 Å². The molecule has 8 heteroatoms. The molecule has 2 N–H and O–H groups in total. The lowest BCUT2D eigenvalue weighted by Crippen LogP contribution is -2.47. The van der Waals surface area contributed by atoms with E-state index in [0.717, 1.165) is 29.8 Å². The van der Waals surface area contributed by atoms with Crippen LogP contribution in [-0.4, -0.2) is 25.4 Å². The number of hydrogen-bond donors (Lipinski definition) is 2. The molecule has 2 aromatic carbocycles. The Morgan fingerprint density at radius 2 is 1.66 bits per heavy atom. The van der Waals surface area contributed by atoms with Gasteiger partial charge in [0.1, 0.15) is 11.9 Å². The van der Waals surface area contributed by atoms with E-state index >= 15 is 0 Å². The van der Waals surface area contributed by atoms with Gasteiger partial charge in [-0.3, -0.25) is 9.78 Å². The first-order valence-corrected chi connectivity index (χ1v) is 10.4. The van der Waals surface area contributed by atoms with Gasteiger partial charge in [0.25, 0.3) is 0 Å². The molecular formula is C21H20FN3O3S. The third-order valence-corrected chi connectivity index (χ3v) is 5.68. The number of pyridine rings is 1. The van der Waals surface area contributed by atoms with E-state index in [1.807, 2.05) is 30.3 Å². The average Bonchev–Trinajstić information content (AvgIpc) is 2.73. The van der Waals surface area contributed by atoms with Gasteiger partial charge in [-0.25, -0.2) is 12.8 Å². The lowest BCUT2D eigenvalue weighted by molar-refractivity contribution is -0.122. The summed E-state index contributed by atoms with van der Waals surface area (Å²) in [5.74, 6) is -1.02. The summed E-state index contributed by atoms with van der Waals surface area (Å²) in [6.45, 7) is 0.170. The number of carbonyl (C=O) groups excluding carboxylic acids is 1. The van der Waals surface area contributed by atoms with Crippen molar-refractivity contribution < 1.29 is 17.6 Å². The Hall–Kier alpha value is -3.10. The lowest BCUT2D eigenvalue weighted by atomic mass is 10.1. The molecular weight excluding hydrogens is 393 g/mol. The summed E-state index contributed by atoms with van der Waals surface area (Å²) in [6.07, 6.45) is 1.77. The molecule has 1 atom stereocenters. The highest BCUT2D eigenvalue weighted by molar-refractivity contribution is 7.89. The Kier molecular flexibility index (Phi) is 6.69. The molecule has 1 heterocycles. The van der Waals surface area contributed by atoms with Crippen molar-refractivity contribution in [3.8, 4) is 0 Å². The zero-order valence-corrected chi connectivity index (χ0v) is 16.3. The molecule has 0 aliphatic rings. The summed E-state index contributed by atoms with van der Waals surface area (Å²) < 4.78 is 41.0. The van der Waals surface area contributed by atoms with Crippen molar-refractivity contribution in [1.82, 2.24) is 15.0 Å². The third kappa shape index (κ3) is 5.94. The first kappa shape index (κ1) is 20.6. The van der Waals surface area contributed by atoms with Crippen LogP contribution in [0.3, 0.4) is 0 Å². The number of aromatic nitrogens is 1. The number of amides is 1. The first-order chi connectivity index (χ1) is 13.9. The fourth-order valence-electron chi connectivity index (χ4n) is 2.71. The number of nitrogens with zero attached hydrogens (tertiary/aromatic N) is 1. The fraction of sp³-hybridized carbons (Fsp3) is 0.143. The number of benzene rings is 2. The van der Waals surface area contributed by atoms with Gasteiger partial charge in [0.2, 0.25) is 15.9 Å². The van der Waals surface area contributed by atoms with Crippen LogP contribution in [0.1, 0.15) is 11.3 Å². The molecule has 1 amide bonds. The Balaban J connectivity index is 1.78. The molecule has 0 aliphatic heterocycles. The highest BCUT2D eigenvalue weighted by Crippen LogP contribution is 2.12. The van der Waals surface area contributed by atoms with E-state index in [0.29, 0.717) is 5.69 Å². The average molecular weight is 413 g/mol. The molecule has 0 fully saturated rings. The van der Waals surface area contributed by atoms with Gasteiger partial charge in [-0.2, -0.15) is 4.72 Å². The summed E-state index contributed by atoms with van der Waals surface area (Å²) >= 11 is 0. The summed E-state index contributed by atoms with van der Waals surface area (Å²) in [7, 11) is -4.02. The number of sulfonamides is 1. The van der Waals surface area contributed by atoms with E-state index in [-0.39, 0.29) is 17.9 Å². The molecule has 6 nitrogen and oxygen atoms in total. The number of nitrogens with one attached hydrogen (secondary N) is 2. The molecule has 0 saturated carbocycles. The molecule has 150 valence electrons. The van der Waals surface area contributed by atoms with Crippen LogP contribution in [0.5, 0.6) is 0 Å². The minimum atomic E-state index is -4.02. The second-order valence-electron chi connectivity index (χ2n) is 6.36. The van der Waals surface area contributed by atoms with Crippen molar-refractivity contribution in [2.24, 2.45) is 0 Å². The van der Waals surface area contributed by atoms with Crippen molar-refractivity contribution in [2.75, 3.05) is 0 Å². The normalized spacial score (nSPS) is 12.3. The molecule has 3 rings (SSSR count). The maximum absolute atomic E-state index is 13.1. The Labute approximate surface area is 168 Å². The molecule has 3 aromatic rings. The zero-order valence-electron chi connectivity index (χ0n) is 15.5. The second kappa shape index (κ2) is 9.40. The topological polar surface area (TPSA) is 88.2 Å². The van der Waals surface area contributed by atoms with Gasteiger partial charge in [0.15, 0.2) is 0 Å². The van der Waals surface area contributed by atoms with Gasteiger partial charge in [0, 0.05) is 6.20 Å². The number of rotatable bonds is 8. The highest BCUT2D eigenvalue weighted by Gasteiger charge is 2.26. The summed E-state index contributed by atoms with van der Waals surface area (Å²) in [5.41, 5.74) is 1.45. The van der Waals surface area contributed by atoms with E-state index in [4.69, 9.17) is 0 Å². The van der Waals surface area contributed by atoms with E-state index < -0.39 is 27.8 Å². The zero-order chi connectivity index (χ0) is 20.7. The van der Waals surface area contributed by atoms with Crippen LogP contribution in [0.2, 0.25) is 0 Å². The van der Waals surface area contributed by atoms with E-state index in [1.165, 1.54) is 0 Å². The minimum absolute atomic E-state index is 0.116. The molecule has 29 heavy (non-hydrogen) atoms. The summed E-state index contributed by atoms with van der Waals surface area (Å²) in [6, 6.07) is 17.8. The Morgan fingerprint density at radius 3 is 2.31 bits per heavy atom. The smallest absolute Gasteiger partial charge is 0.241 e. The lowest BCUT2D eigenvalue weighted by Gasteiger charge is -2.19. The quantitative estimate of drug-likeness (QED) is 0.594. The maximum Gasteiger partial charge on any atom is 0.241 e. The molecule has 0 bridgehead atoms. The highest BCUT2D eigenvalue weighted by atomic mass is 32.2. The SMILES string of the molecule is O=C(NCc1ccccn1)[C@@H](Cc1ccccc1)NS(=O)(=O)c1ccc(F)cc1. The fourth-order valence-corrected chi connectivity index (χ4v) is 3.91. The van der Waals surface area contributed by atoms with Gasteiger partial charge in [-0.1, -0.05) is 36.4 Å². The van der Waals surface area contributed by atoms with Gasteiger partial charge < -0.3 is 5.32 Å². The summed E-state index contributed by atoms with van der Waals surface area (Å²) in [5, 5.41) is 2.71. The standard InChI is InChI=1S/C21H20FN3O3S/c22-17-9-11-19(12-10-17)29(27,28)25-20(14-16-6-2-1-3-7-16)21(26)24-15-18-8-4-5-13-23-18/h1-13,20,25H,14-15H2,(H,24,26)/t20-/m1/s1. The third-order valence-electron chi connectivity index (χ3n) is 4.19. The van der Waals surface area contributed by atoms with Gasteiger partial charge in [-0.05, 0) is 48.4 Å². The molecule has 0 spiro atoms. The molecule has 0 unspecified atom stereocenters. The predicted octanol–water partition coefficient (Wildman–Crippen LogP) is 2.43. The largest absolute Gasteiger partial charge is 0.349 e. The van der Waals surface area contributed by atoms with Crippen molar-refractivity contribution in [2.45, 2.75) is 23.9 Å². The number of hydrogen-bond acceptors (Lipinski definition) is 4. The predicted molar refractivity (Wildman–Crippen MR) is 107 cm³/mol. The molecule has 0 aliphatic carbocycles. The van der Waals surface area contributed by atoms with Crippen molar-refractivity contribution in [3.05, 3.63) is 96.1 Å². The van der Waals surface area contributed by atoms with E-state index in [9.17, 15) is 17.6 Å². The van der Waals surface area contributed by atoms with E-state index in [1.54, 1.807) is 24.4 Å². The summed E-state index contributed by atoms with van der Waals surface area (Å²) in [4.78, 5) is 16.8. The van der Waals surface area contributed by atoms with E-state index in [2.05, 4.69) is 15.0 Å². The van der Waals surface area contributed by atoms with Crippen molar-refractivity contribution in [3.63, 3.8) is 0 Å². The monoisotopic (exact) mass is 413 g/mol. The number of carbonyl (C=O) groups is 1. The van der Waals surface area contributed by atoms with Crippen LogP contribution < -0.4 is 10.0 Å². The van der Waals surface area contributed by atoms with Crippen LogP contribution in [0.15, 0.2) is 83.9 Å². The Bertz CT molecular complexity index is 1040. The Morgan fingerprint density at radius 1 is 0.966 bits per heavy atom. The molecule has 1 aromatic heterocycles. The number of halogens is 1. The molecule has 0 radical (unpaired) electrons. The van der Waals surface area contributed by atoms with Crippen LogP contribution >= 0.6 is 0 Å². The van der Waals surface area contributed by atoms with Gasteiger partial charge >= 0.3 is 0 Å². The van der Waals surface area contributed by atoms with Gasteiger partial charge in [-0.15, -0.1) is 0 Å². The van der Waals surface area contributed by atoms with Crippen molar-refractivity contribution >= 4 is 15.9 Å². The van der Waals surface area contributed by atoms with Gasteiger partial charge in [0.05, 0.1) is 17.1 Å². The maximum atomic E-state index is 13.1. The minimum Gasteiger partial charge on any atom is -0.349 e. The first-order valence-electron chi connectivity index (χ1n) is 8.93. The molecule has 0 saturated heterocycles.